The largest absolute Gasteiger partial charge is 0.345 e. The minimum atomic E-state index is -0.0805. The van der Waals surface area contributed by atoms with Crippen molar-refractivity contribution in [1.82, 2.24) is 4.90 Å². The topological polar surface area (TPSA) is 49.4 Å². The van der Waals surface area contributed by atoms with Crippen LogP contribution in [0.1, 0.15) is 15.9 Å². The molecule has 0 saturated heterocycles. The van der Waals surface area contributed by atoms with Crippen LogP contribution in [0.15, 0.2) is 66.7 Å². The first-order valence-electron chi connectivity index (χ1n) is 8.13. The zero-order chi connectivity index (χ0) is 17.8. The van der Waals surface area contributed by atoms with Crippen LogP contribution in [0.2, 0.25) is 0 Å². The van der Waals surface area contributed by atoms with Crippen molar-refractivity contribution in [2.45, 2.75) is 6.42 Å². The first kappa shape index (κ1) is 16.7. The van der Waals surface area contributed by atoms with Crippen LogP contribution in [0.4, 0.5) is 5.69 Å². The van der Waals surface area contributed by atoms with Crippen LogP contribution >= 0.6 is 0 Å². The van der Waals surface area contributed by atoms with Gasteiger partial charge in [0.25, 0.3) is 5.91 Å². The minimum absolute atomic E-state index is 0.0615. The summed E-state index contributed by atoms with van der Waals surface area (Å²) in [6.07, 6.45) is 0.305. The summed E-state index contributed by atoms with van der Waals surface area (Å²) in [5.41, 5.74) is 2.27. The molecule has 0 saturated carbocycles. The molecule has 0 aromatic heterocycles. The van der Waals surface area contributed by atoms with Gasteiger partial charge in [-0.05, 0) is 40.6 Å². The number of hydrogen-bond acceptors (Lipinski definition) is 2. The zero-order valence-electron chi connectivity index (χ0n) is 14.3. The van der Waals surface area contributed by atoms with Gasteiger partial charge in [-0.25, -0.2) is 0 Å². The van der Waals surface area contributed by atoms with Crippen molar-refractivity contribution in [3.63, 3.8) is 0 Å². The Morgan fingerprint density at radius 1 is 0.880 bits per heavy atom. The summed E-state index contributed by atoms with van der Waals surface area (Å²) in [6, 6.07) is 20.9. The van der Waals surface area contributed by atoms with Gasteiger partial charge in [0.15, 0.2) is 0 Å². The molecule has 1 N–H and O–H groups in total. The van der Waals surface area contributed by atoms with Gasteiger partial charge >= 0.3 is 0 Å². The van der Waals surface area contributed by atoms with Gasteiger partial charge in [-0.2, -0.15) is 0 Å². The molecule has 0 fully saturated rings. The van der Waals surface area contributed by atoms with E-state index < -0.39 is 0 Å². The Morgan fingerprint density at radius 2 is 1.56 bits per heavy atom. The van der Waals surface area contributed by atoms with Crippen molar-refractivity contribution in [1.29, 1.82) is 0 Å². The third kappa shape index (κ3) is 3.86. The van der Waals surface area contributed by atoms with Gasteiger partial charge in [-0.15, -0.1) is 0 Å². The van der Waals surface area contributed by atoms with Crippen LogP contribution in [-0.4, -0.2) is 30.8 Å². The molecule has 4 heteroatoms. The summed E-state index contributed by atoms with van der Waals surface area (Å²) in [4.78, 5) is 25.8. The molecule has 3 rings (SSSR count). The van der Waals surface area contributed by atoms with E-state index in [0.29, 0.717) is 17.7 Å². The maximum absolute atomic E-state index is 12.4. The molecular weight excluding hydrogens is 312 g/mol. The average molecular weight is 332 g/mol. The number of fused-ring (bicyclic) bond motifs is 1. The van der Waals surface area contributed by atoms with E-state index in [4.69, 9.17) is 0 Å². The third-order valence-electron chi connectivity index (χ3n) is 4.05. The summed E-state index contributed by atoms with van der Waals surface area (Å²) in [5, 5.41) is 5.10. The number of nitrogens with zero attached hydrogens (tertiary/aromatic N) is 1. The Bertz CT molecular complexity index is 909. The molecule has 126 valence electrons. The average Bonchev–Trinajstić information content (AvgIpc) is 2.62. The van der Waals surface area contributed by atoms with Gasteiger partial charge in [-0.3, -0.25) is 9.59 Å². The van der Waals surface area contributed by atoms with E-state index in [1.165, 1.54) is 4.90 Å². The fraction of sp³-hybridized carbons (Fsp3) is 0.143. The Labute approximate surface area is 147 Å². The fourth-order valence-electron chi connectivity index (χ4n) is 2.78. The molecule has 0 aliphatic carbocycles. The van der Waals surface area contributed by atoms with Crippen molar-refractivity contribution in [2.75, 3.05) is 19.4 Å². The summed E-state index contributed by atoms with van der Waals surface area (Å²) in [7, 11) is 3.42. The van der Waals surface area contributed by atoms with Gasteiger partial charge in [0.05, 0.1) is 6.42 Å². The number of carbonyl (C=O) groups is 2. The second-order valence-electron chi connectivity index (χ2n) is 6.14. The molecule has 0 unspecified atom stereocenters. The molecule has 0 aliphatic heterocycles. The Kier molecular flexibility index (Phi) is 4.80. The fourth-order valence-corrected chi connectivity index (χ4v) is 2.78. The van der Waals surface area contributed by atoms with Crippen LogP contribution in [0, 0.1) is 0 Å². The number of carbonyl (C=O) groups excluding carboxylic acids is 2. The normalized spacial score (nSPS) is 10.5. The molecule has 3 aromatic carbocycles. The van der Waals surface area contributed by atoms with E-state index in [2.05, 4.69) is 5.32 Å². The Balaban J connectivity index is 1.71. The Morgan fingerprint density at radius 3 is 2.28 bits per heavy atom. The first-order chi connectivity index (χ1) is 12.0. The summed E-state index contributed by atoms with van der Waals surface area (Å²) in [6.45, 7) is 0. The molecule has 2 amide bonds. The van der Waals surface area contributed by atoms with Crippen molar-refractivity contribution in [3.8, 4) is 0 Å². The lowest BCUT2D eigenvalue weighted by molar-refractivity contribution is -0.115. The number of benzene rings is 3. The molecule has 0 heterocycles. The standard InChI is InChI=1S/C21H20N2O2/c1-23(2)21(25)16-10-12-18(13-11-16)22-20(24)14-17-8-5-7-15-6-3-4-9-19(15)17/h3-13H,14H2,1-2H3,(H,22,24). The van der Waals surface area contributed by atoms with Gasteiger partial charge in [0.1, 0.15) is 0 Å². The highest BCUT2D eigenvalue weighted by Gasteiger charge is 2.10. The van der Waals surface area contributed by atoms with Crippen LogP contribution in [-0.2, 0) is 11.2 Å². The molecule has 0 aliphatic rings. The highest BCUT2D eigenvalue weighted by atomic mass is 16.2. The zero-order valence-corrected chi connectivity index (χ0v) is 14.3. The van der Waals surface area contributed by atoms with Gasteiger partial charge in [0.2, 0.25) is 5.91 Å². The van der Waals surface area contributed by atoms with Gasteiger partial charge in [0, 0.05) is 25.3 Å². The summed E-state index contributed by atoms with van der Waals surface area (Å²) >= 11 is 0. The Hall–Kier alpha value is -3.14. The lowest BCUT2D eigenvalue weighted by atomic mass is 10.0. The first-order valence-corrected chi connectivity index (χ1v) is 8.13. The SMILES string of the molecule is CN(C)C(=O)c1ccc(NC(=O)Cc2cccc3ccccc23)cc1. The molecular formula is C21H20N2O2. The molecule has 0 atom stereocenters. The monoisotopic (exact) mass is 332 g/mol. The predicted octanol–water partition coefficient (Wildman–Crippen LogP) is 3.72. The van der Waals surface area contributed by atoms with E-state index in [0.717, 1.165) is 16.3 Å². The van der Waals surface area contributed by atoms with Crippen molar-refractivity contribution in [2.24, 2.45) is 0 Å². The second kappa shape index (κ2) is 7.18. The predicted molar refractivity (Wildman–Crippen MR) is 101 cm³/mol. The maximum atomic E-state index is 12.4. The van der Waals surface area contributed by atoms with Crippen molar-refractivity contribution >= 4 is 28.3 Å². The lowest BCUT2D eigenvalue weighted by Crippen LogP contribution is -2.21. The van der Waals surface area contributed by atoms with E-state index in [1.807, 2.05) is 42.5 Å². The number of rotatable bonds is 4. The molecule has 0 radical (unpaired) electrons. The highest BCUT2D eigenvalue weighted by Crippen LogP contribution is 2.19. The van der Waals surface area contributed by atoms with E-state index in [1.54, 1.807) is 38.4 Å². The van der Waals surface area contributed by atoms with Crippen molar-refractivity contribution < 1.29 is 9.59 Å². The van der Waals surface area contributed by atoms with Crippen LogP contribution in [0.3, 0.4) is 0 Å². The van der Waals surface area contributed by atoms with Crippen LogP contribution in [0.25, 0.3) is 10.8 Å². The van der Waals surface area contributed by atoms with Gasteiger partial charge < -0.3 is 10.2 Å². The quantitative estimate of drug-likeness (QED) is 0.791. The summed E-state index contributed by atoms with van der Waals surface area (Å²) in [5.74, 6) is -0.142. The number of anilines is 1. The summed E-state index contributed by atoms with van der Waals surface area (Å²) < 4.78 is 0. The van der Waals surface area contributed by atoms with E-state index in [-0.39, 0.29) is 11.8 Å². The molecule has 4 nitrogen and oxygen atoms in total. The molecule has 0 bridgehead atoms. The van der Waals surface area contributed by atoms with Gasteiger partial charge in [-0.1, -0.05) is 42.5 Å². The maximum Gasteiger partial charge on any atom is 0.253 e. The molecule has 3 aromatic rings. The van der Waals surface area contributed by atoms with Crippen molar-refractivity contribution in [3.05, 3.63) is 77.9 Å². The van der Waals surface area contributed by atoms with Crippen LogP contribution in [0.5, 0.6) is 0 Å². The van der Waals surface area contributed by atoms with E-state index in [9.17, 15) is 9.59 Å². The number of amides is 2. The van der Waals surface area contributed by atoms with Crippen LogP contribution < -0.4 is 5.32 Å². The number of nitrogens with one attached hydrogen (secondary N) is 1. The third-order valence-corrected chi connectivity index (χ3v) is 4.05. The van der Waals surface area contributed by atoms with E-state index >= 15 is 0 Å². The highest BCUT2D eigenvalue weighted by molar-refractivity contribution is 5.97. The number of hydrogen-bond donors (Lipinski definition) is 1. The second-order valence-corrected chi connectivity index (χ2v) is 6.14. The molecule has 0 spiro atoms. The lowest BCUT2D eigenvalue weighted by Gasteiger charge is -2.11. The minimum Gasteiger partial charge on any atom is -0.345 e. The molecule has 25 heavy (non-hydrogen) atoms. The smallest absolute Gasteiger partial charge is 0.253 e.